The second kappa shape index (κ2) is 18.1. The van der Waals surface area contributed by atoms with Crippen LogP contribution in [0.2, 0.25) is 0 Å². The van der Waals surface area contributed by atoms with E-state index in [2.05, 4.69) is 11.8 Å². The molecule has 0 bridgehead atoms. The zero-order chi connectivity index (χ0) is 24.6. The number of hydrogen-bond acceptors (Lipinski definition) is 5. The van der Waals surface area contributed by atoms with E-state index >= 15 is 0 Å². The third kappa shape index (κ3) is 12.9. The second-order valence-electron chi connectivity index (χ2n) is 7.95. The number of morpholine rings is 1. The van der Waals surface area contributed by atoms with Crippen molar-refractivity contribution >= 4 is 17.8 Å². The second-order valence-corrected chi connectivity index (χ2v) is 7.95. The molecule has 1 aliphatic heterocycles. The molecule has 2 aromatic carbocycles. The first-order valence-corrected chi connectivity index (χ1v) is 11.6. The van der Waals surface area contributed by atoms with Crippen LogP contribution >= 0.6 is 0 Å². The largest absolute Gasteiger partial charge is 1.00 e. The monoisotopic (exact) mass is 484 g/mol. The van der Waals surface area contributed by atoms with Gasteiger partial charge in [-0.2, -0.15) is 30.7 Å². The first kappa shape index (κ1) is 30.8. The molecule has 1 heterocycles. The standard InChI is InChI=1S/C16H18N2O3.C12H15O.Na/c17-16(5-2-9-19)14-3-1-4-15(13-14)21-12-8-18-6-10-20-11-7-18;1-3-5-12(13)9-11-7-4-6-10(2)8-11;/h1-5,13H,6-8,10-12H2;4,6-8H,2-3,5,9H2,1H3;/q-2;-1;+1. The first-order chi connectivity index (χ1) is 16.5. The van der Waals surface area contributed by atoms with Gasteiger partial charge in [-0.3, -0.25) is 9.69 Å². The van der Waals surface area contributed by atoms with Gasteiger partial charge in [-0.1, -0.05) is 36.2 Å². The summed E-state index contributed by atoms with van der Waals surface area (Å²) in [6, 6.07) is 14.9. The van der Waals surface area contributed by atoms with Crippen molar-refractivity contribution in [3.8, 4) is 5.75 Å². The van der Waals surface area contributed by atoms with E-state index in [1.165, 1.54) is 6.08 Å². The fourth-order valence-electron chi connectivity index (χ4n) is 3.41. The van der Waals surface area contributed by atoms with Crippen LogP contribution in [0.3, 0.4) is 0 Å². The van der Waals surface area contributed by atoms with Crippen LogP contribution in [-0.4, -0.2) is 62.1 Å². The molecule has 0 amide bonds. The number of ketones is 1. The van der Waals surface area contributed by atoms with E-state index in [9.17, 15) is 15.0 Å². The molecule has 1 aliphatic rings. The molecule has 0 radical (unpaired) electrons. The molecule has 0 spiro atoms. The summed E-state index contributed by atoms with van der Waals surface area (Å²) in [6.45, 7) is 10.7. The molecule has 0 unspecified atom stereocenters. The van der Waals surface area contributed by atoms with E-state index in [4.69, 9.17) is 9.47 Å². The third-order valence-corrected chi connectivity index (χ3v) is 5.14. The summed E-state index contributed by atoms with van der Waals surface area (Å²) in [5, 5.41) is 9.78. The van der Waals surface area contributed by atoms with Crippen molar-refractivity contribution in [2.24, 2.45) is 0 Å². The van der Waals surface area contributed by atoms with E-state index < -0.39 is 0 Å². The van der Waals surface area contributed by atoms with Gasteiger partial charge in [0.1, 0.15) is 18.1 Å². The van der Waals surface area contributed by atoms with Crippen molar-refractivity contribution in [1.82, 2.24) is 4.90 Å². The van der Waals surface area contributed by atoms with E-state index in [-0.39, 0.29) is 35.3 Å². The Kier molecular flexibility index (Phi) is 15.9. The van der Waals surface area contributed by atoms with Crippen LogP contribution in [0, 0.1) is 6.92 Å². The molecule has 35 heavy (non-hydrogen) atoms. The molecule has 6 nitrogen and oxygen atoms in total. The molecule has 2 aromatic rings. The van der Waals surface area contributed by atoms with Crippen LogP contribution in [0.25, 0.3) is 5.41 Å². The van der Waals surface area contributed by atoms with Gasteiger partial charge in [0.15, 0.2) is 0 Å². The summed E-state index contributed by atoms with van der Waals surface area (Å²) in [7, 11) is 0. The van der Waals surface area contributed by atoms with Gasteiger partial charge in [-0.25, -0.2) is 11.8 Å². The summed E-state index contributed by atoms with van der Waals surface area (Å²) >= 11 is 0. The van der Waals surface area contributed by atoms with Gasteiger partial charge < -0.3 is 19.7 Å². The van der Waals surface area contributed by atoms with Crippen LogP contribution in [-0.2, 0) is 20.7 Å². The van der Waals surface area contributed by atoms with Crippen LogP contribution in [0.4, 0.5) is 0 Å². The van der Waals surface area contributed by atoms with Gasteiger partial charge in [-0.05, 0) is 24.8 Å². The van der Waals surface area contributed by atoms with Crippen molar-refractivity contribution in [2.45, 2.75) is 26.2 Å². The summed E-state index contributed by atoms with van der Waals surface area (Å²) in [5.74, 6) is 1.00. The number of carbonyl (C=O) groups is 1. The molecule has 0 aliphatic carbocycles. The van der Waals surface area contributed by atoms with Gasteiger partial charge in [0.25, 0.3) is 0 Å². The van der Waals surface area contributed by atoms with Crippen molar-refractivity contribution in [1.29, 1.82) is 0 Å². The number of benzene rings is 2. The number of hydrogen-bond donors (Lipinski definition) is 0. The smallest absolute Gasteiger partial charge is 0.820 e. The zero-order valence-corrected chi connectivity index (χ0v) is 22.9. The van der Waals surface area contributed by atoms with Gasteiger partial charge >= 0.3 is 29.6 Å². The number of rotatable bonds is 11. The van der Waals surface area contributed by atoms with Gasteiger partial charge in [0.05, 0.1) is 13.2 Å². The first-order valence-electron chi connectivity index (χ1n) is 11.6. The molecular weight excluding hydrogens is 451 g/mol. The van der Waals surface area contributed by atoms with Crippen LogP contribution in [0.15, 0.2) is 60.7 Å². The topological polar surface area (TPSA) is 78.1 Å². The minimum absolute atomic E-state index is 0. The average Bonchev–Trinajstić information content (AvgIpc) is 2.84. The summed E-state index contributed by atoms with van der Waals surface area (Å²) in [6.07, 6.45) is 6.20. The Balaban J connectivity index is 0.000000378. The van der Waals surface area contributed by atoms with Crippen LogP contribution in [0.1, 0.15) is 36.5 Å². The maximum absolute atomic E-state index is 11.3. The number of ether oxygens (including phenoxy) is 2. The minimum Gasteiger partial charge on any atom is -0.820 e. The molecule has 0 aromatic heterocycles. The molecular formula is C28H33N2NaO4-2. The van der Waals surface area contributed by atoms with Crippen molar-refractivity contribution < 1.29 is 48.6 Å². The fourth-order valence-corrected chi connectivity index (χ4v) is 3.41. The Morgan fingerprint density at radius 2 is 1.94 bits per heavy atom. The molecule has 0 atom stereocenters. The molecule has 1 saturated heterocycles. The minimum atomic E-state index is 0. The molecule has 0 saturated carbocycles. The SMILES string of the molecule is [CH2-]c1cccc(CC(=O)CCC)c1.[N-]=C(C=C[C-]=O)c1cccc(OCCN2CCOCC2)c1.[Na+]. The molecule has 0 N–H and O–H groups in total. The number of allylic oxidation sites excluding steroid dienone is 2. The Hall–Kier alpha value is -2.22. The Labute approximate surface area is 231 Å². The normalized spacial score (nSPS) is 13.3. The van der Waals surface area contributed by atoms with Crippen molar-refractivity contribution in [2.75, 3.05) is 39.5 Å². The van der Waals surface area contributed by atoms with E-state index in [0.717, 1.165) is 56.5 Å². The third-order valence-electron chi connectivity index (χ3n) is 5.14. The van der Waals surface area contributed by atoms with Crippen LogP contribution in [0.5, 0.6) is 5.75 Å². The summed E-state index contributed by atoms with van der Waals surface area (Å²) in [5.41, 5.74) is 2.66. The Bertz CT molecular complexity index is 955. The maximum atomic E-state index is 11.3. The van der Waals surface area contributed by atoms with Crippen LogP contribution < -0.4 is 34.3 Å². The van der Waals surface area contributed by atoms with E-state index in [0.29, 0.717) is 36.5 Å². The number of Topliss-reactive ketones (excluding diaryl/α,β-unsaturated/α-hetero) is 1. The summed E-state index contributed by atoms with van der Waals surface area (Å²) in [4.78, 5) is 23.7. The molecule has 3 rings (SSSR count). The van der Waals surface area contributed by atoms with Crippen molar-refractivity contribution in [3.63, 3.8) is 0 Å². The quantitative estimate of drug-likeness (QED) is 0.207. The zero-order valence-electron chi connectivity index (χ0n) is 20.9. The number of nitrogens with zero attached hydrogens (tertiary/aromatic N) is 2. The molecule has 1 fully saturated rings. The van der Waals surface area contributed by atoms with Gasteiger partial charge in [-0.15, -0.1) is 6.07 Å². The van der Waals surface area contributed by atoms with Crippen molar-refractivity contribution in [3.05, 3.63) is 89.7 Å². The number of carbonyl (C=O) groups excluding carboxylic acids is 2. The van der Waals surface area contributed by atoms with Gasteiger partial charge in [0, 0.05) is 32.5 Å². The molecule has 182 valence electrons. The molecule has 7 heteroatoms. The Morgan fingerprint density at radius 3 is 2.63 bits per heavy atom. The fraction of sp³-hybridized carbons (Fsp3) is 0.357. The average molecular weight is 485 g/mol. The maximum Gasteiger partial charge on any atom is 1.00 e. The predicted molar refractivity (Wildman–Crippen MR) is 136 cm³/mol. The van der Waals surface area contributed by atoms with E-state index in [1.54, 1.807) is 24.5 Å². The van der Waals surface area contributed by atoms with E-state index in [1.807, 2.05) is 37.3 Å². The Morgan fingerprint density at radius 1 is 1.20 bits per heavy atom. The summed E-state index contributed by atoms with van der Waals surface area (Å²) < 4.78 is 11.0. The van der Waals surface area contributed by atoms with Gasteiger partial charge in [0.2, 0.25) is 0 Å². The predicted octanol–water partition coefficient (Wildman–Crippen LogP) is 1.21.